The molecule has 0 saturated carbocycles. The molecule has 0 aliphatic heterocycles. The number of fused-ring (bicyclic) bond motifs is 1. The highest BCUT2D eigenvalue weighted by molar-refractivity contribution is 5.78. The average Bonchev–Trinajstić information content (AvgIpc) is 3.02. The number of nitrogens with zero attached hydrogens (tertiary/aromatic N) is 3. The van der Waals surface area contributed by atoms with E-state index in [0.717, 1.165) is 23.4 Å². The first-order chi connectivity index (χ1) is 12.6. The van der Waals surface area contributed by atoms with Gasteiger partial charge in [0.1, 0.15) is 11.6 Å². The average molecular weight is 354 g/mol. The highest BCUT2D eigenvalue weighted by Gasteiger charge is 2.11. The van der Waals surface area contributed by atoms with Crippen molar-refractivity contribution < 1.29 is 14.5 Å². The van der Waals surface area contributed by atoms with Gasteiger partial charge in [0.05, 0.1) is 22.5 Å². The molecular weight excluding hydrogens is 336 g/mol. The molecule has 0 radical (unpaired) electrons. The van der Waals surface area contributed by atoms with Gasteiger partial charge in [-0.2, -0.15) is 0 Å². The summed E-state index contributed by atoms with van der Waals surface area (Å²) >= 11 is 0. The Morgan fingerprint density at radius 3 is 2.65 bits per heavy atom. The molecule has 3 rings (SSSR count). The molecule has 26 heavy (non-hydrogen) atoms. The Bertz CT molecular complexity index is 934. The van der Waals surface area contributed by atoms with Crippen LogP contribution in [0.1, 0.15) is 12.7 Å². The Kier molecular flexibility index (Phi) is 5.12. The van der Waals surface area contributed by atoms with Crippen LogP contribution in [0.5, 0.6) is 5.75 Å². The Labute approximate surface area is 149 Å². The quantitative estimate of drug-likeness (QED) is 0.519. The van der Waals surface area contributed by atoms with E-state index in [4.69, 9.17) is 4.74 Å². The fourth-order valence-electron chi connectivity index (χ4n) is 2.65. The van der Waals surface area contributed by atoms with Gasteiger partial charge in [0.15, 0.2) is 6.61 Å². The molecule has 1 aromatic heterocycles. The molecule has 0 spiro atoms. The van der Waals surface area contributed by atoms with Crippen LogP contribution in [0.15, 0.2) is 48.5 Å². The molecule has 8 nitrogen and oxygen atoms in total. The minimum absolute atomic E-state index is 0.0275. The summed E-state index contributed by atoms with van der Waals surface area (Å²) in [5, 5.41) is 13.4. The molecule has 0 aliphatic carbocycles. The van der Waals surface area contributed by atoms with E-state index in [9.17, 15) is 14.9 Å². The van der Waals surface area contributed by atoms with Crippen molar-refractivity contribution in [2.24, 2.45) is 0 Å². The van der Waals surface area contributed by atoms with E-state index < -0.39 is 4.92 Å². The lowest BCUT2D eigenvalue weighted by Gasteiger charge is -2.09. The van der Waals surface area contributed by atoms with Gasteiger partial charge in [-0.3, -0.25) is 14.9 Å². The zero-order valence-corrected chi connectivity index (χ0v) is 14.2. The number of aromatic nitrogens is 2. The second kappa shape index (κ2) is 7.64. The van der Waals surface area contributed by atoms with Gasteiger partial charge in [0.25, 0.3) is 11.6 Å². The molecule has 3 aromatic rings. The van der Waals surface area contributed by atoms with E-state index in [1.165, 1.54) is 24.3 Å². The number of hydrogen-bond donors (Lipinski definition) is 1. The summed E-state index contributed by atoms with van der Waals surface area (Å²) in [6, 6.07) is 13.4. The van der Waals surface area contributed by atoms with E-state index in [1.54, 1.807) is 0 Å². The molecule has 0 aliphatic rings. The number of non-ortho nitro benzene ring substituents is 1. The van der Waals surface area contributed by atoms with Crippen molar-refractivity contribution in [3.8, 4) is 5.75 Å². The van der Waals surface area contributed by atoms with Crippen LogP contribution >= 0.6 is 0 Å². The number of para-hydroxylation sites is 2. The topological polar surface area (TPSA) is 99.3 Å². The number of aryl methyl sites for hydroxylation is 1. The molecule has 1 N–H and O–H groups in total. The summed E-state index contributed by atoms with van der Waals surface area (Å²) < 4.78 is 7.39. The maximum atomic E-state index is 12.0. The molecule has 1 heterocycles. The molecule has 1 amide bonds. The van der Waals surface area contributed by atoms with Crippen LogP contribution in [0.25, 0.3) is 11.0 Å². The van der Waals surface area contributed by atoms with E-state index in [2.05, 4.69) is 10.3 Å². The molecule has 0 unspecified atom stereocenters. The summed E-state index contributed by atoms with van der Waals surface area (Å²) in [5.41, 5.74) is 1.89. The van der Waals surface area contributed by atoms with Crippen molar-refractivity contribution in [1.82, 2.24) is 14.9 Å². The van der Waals surface area contributed by atoms with Crippen LogP contribution in [-0.2, 0) is 17.9 Å². The number of amides is 1. The Hall–Kier alpha value is -3.42. The molecule has 2 aromatic carbocycles. The number of benzene rings is 2. The van der Waals surface area contributed by atoms with Gasteiger partial charge in [-0.25, -0.2) is 4.98 Å². The van der Waals surface area contributed by atoms with Crippen LogP contribution in [0.4, 0.5) is 5.69 Å². The number of nitro groups is 1. The van der Waals surface area contributed by atoms with Crippen LogP contribution in [0.2, 0.25) is 0 Å². The normalized spacial score (nSPS) is 10.7. The number of carbonyl (C=O) groups excluding carboxylic acids is 1. The molecule has 0 fully saturated rings. The van der Waals surface area contributed by atoms with Gasteiger partial charge < -0.3 is 14.6 Å². The fraction of sp³-hybridized carbons (Fsp3) is 0.222. The number of rotatable bonds is 7. The first-order valence-corrected chi connectivity index (χ1v) is 8.16. The molecular formula is C18H18N4O4. The number of ether oxygens (including phenoxy) is 1. The summed E-state index contributed by atoms with van der Waals surface area (Å²) in [5.74, 6) is 0.877. The van der Waals surface area contributed by atoms with Crippen molar-refractivity contribution in [1.29, 1.82) is 0 Å². The maximum Gasteiger partial charge on any atom is 0.269 e. The van der Waals surface area contributed by atoms with Crippen molar-refractivity contribution in [2.75, 3.05) is 6.61 Å². The summed E-state index contributed by atoms with van der Waals surface area (Å²) in [6.07, 6.45) is 0. The first-order valence-electron chi connectivity index (χ1n) is 8.16. The SMILES string of the molecule is CCn1c(CNC(=O)COc2ccc([N+](=O)[O-])cc2)nc2ccccc21. The van der Waals surface area contributed by atoms with Gasteiger partial charge in [0.2, 0.25) is 0 Å². The minimum atomic E-state index is -0.490. The highest BCUT2D eigenvalue weighted by atomic mass is 16.6. The Morgan fingerprint density at radius 2 is 1.96 bits per heavy atom. The standard InChI is InChI=1S/C18H18N4O4/c1-2-21-16-6-4-3-5-15(16)20-17(21)11-19-18(23)12-26-14-9-7-13(8-10-14)22(24)25/h3-10H,2,11-12H2,1H3,(H,19,23). The summed E-state index contributed by atoms with van der Waals surface area (Å²) in [6.45, 7) is 2.90. The van der Waals surface area contributed by atoms with Gasteiger partial charge in [-0.05, 0) is 31.2 Å². The second-order valence-electron chi connectivity index (χ2n) is 5.58. The highest BCUT2D eigenvalue weighted by Crippen LogP contribution is 2.17. The van der Waals surface area contributed by atoms with Crippen molar-refractivity contribution in [2.45, 2.75) is 20.0 Å². The number of imidazole rings is 1. The first kappa shape index (κ1) is 17.4. The third kappa shape index (κ3) is 3.80. The lowest BCUT2D eigenvalue weighted by atomic mass is 10.3. The van der Waals surface area contributed by atoms with Crippen LogP contribution in [-0.4, -0.2) is 27.0 Å². The predicted octanol–water partition coefficient (Wildman–Crippen LogP) is 2.66. The number of nitrogens with one attached hydrogen (secondary N) is 1. The maximum absolute atomic E-state index is 12.0. The monoisotopic (exact) mass is 354 g/mol. The Balaban J connectivity index is 1.56. The zero-order chi connectivity index (χ0) is 18.5. The van der Waals surface area contributed by atoms with E-state index in [-0.39, 0.29) is 18.2 Å². The smallest absolute Gasteiger partial charge is 0.269 e. The molecule has 0 bridgehead atoms. The van der Waals surface area contributed by atoms with E-state index >= 15 is 0 Å². The zero-order valence-electron chi connectivity index (χ0n) is 14.2. The van der Waals surface area contributed by atoms with Gasteiger partial charge in [-0.15, -0.1) is 0 Å². The van der Waals surface area contributed by atoms with Crippen molar-refractivity contribution in [3.63, 3.8) is 0 Å². The van der Waals surface area contributed by atoms with Gasteiger partial charge in [0, 0.05) is 18.7 Å². The number of carbonyl (C=O) groups is 1. The summed E-state index contributed by atoms with van der Waals surface area (Å²) in [7, 11) is 0. The van der Waals surface area contributed by atoms with Gasteiger partial charge in [-0.1, -0.05) is 12.1 Å². The van der Waals surface area contributed by atoms with Crippen molar-refractivity contribution >= 4 is 22.6 Å². The number of nitro benzene ring substituents is 1. The van der Waals surface area contributed by atoms with E-state index in [0.29, 0.717) is 12.3 Å². The molecule has 8 heteroatoms. The lowest BCUT2D eigenvalue weighted by Crippen LogP contribution is -2.29. The predicted molar refractivity (Wildman–Crippen MR) is 95.8 cm³/mol. The largest absolute Gasteiger partial charge is 0.484 e. The molecule has 0 saturated heterocycles. The van der Waals surface area contributed by atoms with E-state index in [1.807, 2.05) is 35.8 Å². The third-order valence-corrected chi connectivity index (χ3v) is 3.91. The van der Waals surface area contributed by atoms with Crippen LogP contribution in [0, 0.1) is 10.1 Å². The Morgan fingerprint density at radius 1 is 1.23 bits per heavy atom. The third-order valence-electron chi connectivity index (χ3n) is 3.91. The van der Waals surface area contributed by atoms with Crippen LogP contribution in [0.3, 0.4) is 0 Å². The minimum Gasteiger partial charge on any atom is -0.484 e. The van der Waals surface area contributed by atoms with Crippen molar-refractivity contribution in [3.05, 3.63) is 64.5 Å². The van der Waals surface area contributed by atoms with Gasteiger partial charge >= 0.3 is 0 Å². The van der Waals surface area contributed by atoms with Crippen LogP contribution < -0.4 is 10.1 Å². The second-order valence-corrected chi connectivity index (χ2v) is 5.58. The lowest BCUT2D eigenvalue weighted by molar-refractivity contribution is -0.384. The molecule has 134 valence electrons. The summed E-state index contributed by atoms with van der Waals surface area (Å²) in [4.78, 5) is 26.7. The fourth-order valence-corrected chi connectivity index (χ4v) is 2.65. The molecule has 0 atom stereocenters. The number of hydrogen-bond acceptors (Lipinski definition) is 5.